The molecule has 0 aliphatic carbocycles. The van der Waals surface area contributed by atoms with Crippen molar-refractivity contribution in [2.75, 3.05) is 39.5 Å². The Morgan fingerprint density at radius 2 is 2.04 bits per heavy atom. The summed E-state index contributed by atoms with van der Waals surface area (Å²) in [6, 6.07) is 7.87. The summed E-state index contributed by atoms with van der Waals surface area (Å²) in [5.41, 5.74) is 1.55. The van der Waals surface area contributed by atoms with Gasteiger partial charge in [-0.05, 0) is 44.3 Å². The Balaban J connectivity index is 1.39. The van der Waals surface area contributed by atoms with Gasteiger partial charge in [-0.3, -0.25) is 0 Å². The van der Waals surface area contributed by atoms with Crippen LogP contribution in [0.2, 0.25) is 0 Å². The first-order chi connectivity index (χ1) is 13.7. The molecule has 0 amide bonds. The standard InChI is InChI=1S/C21H28N2O5/c24-13-16(25)12-22-9-6-15(7-10-22)14-28-21(26)19-17-4-1-2-5-18(17)23-8-3-11-27-20(19)23/h1-2,4-5,15-16,24-25H,3,6-14H2. The number of para-hydroxylation sites is 1. The Bertz CT molecular complexity index is 826. The minimum absolute atomic E-state index is 0.213. The normalized spacial score (nSPS) is 19.2. The summed E-state index contributed by atoms with van der Waals surface area (Å²) in [7, 11) is 0. The number of hydrogen-bond acceptors (Lipinski definition) is 6. The minimum atomic E-state index is -0.691. The molecule has 1 fully saturated rings. The number of carbonyl (C=O) groups is 1. The summed E-state index contributed by atoms with van der Waals surface area (Å²) in [4.78, 5) is 15.0. The van der Waals surface area contributed by atoms with E-state index in [9.17, 15) is 9.90 Å². The summed E-state index contributed by atoms with van der Waals surface area (Å²) in [5, 5.41) is 19.4. The second-order valence-electron chi connectivity index (χ2n) is 7.73. The molecule has 0 radical (unpaired) electrons. The number of β-amino-alcohol motifs (C(OH)–C–C–N with tert-alkyl or cyclic N) is 1. The fraction of sp³-hybridized carbons (Fsp3) is 0.571. The number of ether oxygens (including phenoxy) is 2. The van der Waals surface area contributed by atoms with E-state index in [4.69, 9.17) is 14.6 Å². The van der Waals surface area contributed by atoms with Crippen molar-refractivity contribution in [3.63, 3.8) is 0 Å². The van der Waals surface area contributed by atoms with E-state index in [2.05, 4.69) is 9.47 Å². The molecule has 0 saturated carbocycles. The lowest BCUT2D eigenvalue weighted by molar-refractivity contribution is 0.0265. The minimum Gasteiger partial charge on any atom is -0.478 e. The fourth-order valence-corrected chi connectivity index (χ4v) is 4.20. The van der Waals surface area contributed by atoms with Crippen LogP contribution >= 0.6 is 0 Å². The second kappa shape index (κ2) is 8.51. The van der Waals surface area contributed by atoms with E-state index in [0.29, 0.717) is 37.1 Å². The van der Waals surface area contributed by atoms with Crippen molar-refractivity contribution >= 4 is 16.9 Å². The first kappa shape index (κ1) is 19.2. The molecule has 1 aromatic heterocycles. The predicted molar refractivity (Wildman–Crippen MR) is 105 cm³/mol. The highest BCUT2D eigenvalue weighted by atomic mass is 16.5. The summed E-state index contributed by atoms with van der Waals surface area (Å²) in [5.74, 6) is 0.632. The van der Waals surface area contributed by atoms with E-state index in [1.54, 1.807) is 0 Å². The van der Waals surface area contributed by atoms with Crippen LogP contribution in [0.4, 0.5) is 0 Å². The molecule has 1 unspecified atom stereocenters. The van der Waals surface area contributed by atoms with Gasteiger partial charge in [-0.2, -0.15) is 0 Å². The smallest absolute Gasteiger partial charge is 0.344 e. The van der Waals surface area contributed by atoms with E-state index in [1.807, 2.05) is 24.3 Å². The molecule has 1 saturated heterocycles. The molecule has 0 spiro atoms. The molecule has 1 aromatic carbocycles. The SMILES string of the molecule is O=C(OCC1CCN(CC(O)CO)CC1)c1c2n(c3ccccc13)CCCO2. The van der Waals surface area contributed by atoms with Crippen molar-refractivity contribution in [1.29, 1.82) is 0 Å². The van der Waals surface area contributed by atoms with Gasteiger partial charge < -0.3 is 29.2 Å². The quantitative estimate of drug-likeness (QED) is 0.732. The van der Waals surface area contributed by atoms with Gasteiger partial charge in [0, 0.05) is 18.5 Å². The summed E-state index contributed by atoms with van der Waals surface area (Å²) in [6.45, 7) is 3.82. The second-order valence-corrected chi connectivity index (χ2v) is 7.73. The third-order valence-corrected chi connectivity index (χ3v) is 5.73. The third kappa shape index (κ3) is 3.87. The summed E-state index contributed by atoms with van der Waals surface area (Å²) >= 11 is 0. The highest BCUT2D eigenvalue weighted by molar-refractivity contribution is 6.07. The molecule has 152 valence electrons. The summed E-state index contributed by atoms with van der Waals surface area (Å²) < 4.78 is 13.6. The van der Waals surface area contributed by atoms with Crippen molar-refractivity contribution in [3.05, 3.63) is 29.8 Å². The summed E-state index contributed by atoms with van der Waals surface area (Å²) in [6.07, 6.45) is 2.07. The molecular formula is C21H28N2O5. The Labute approximate surface area is 164 Å². The van der Waals surface area contributed by atoms with E-state index in [0.717, 1.165) is 49.8 Å². The van der Waals surface area contributed by atoms with E-state index in [-0.39, 0.29) is 12.6 Å². The van der Waals surface area contributed by atoms with E-state index in [1.165, 1.54) is 0 Å². The average molecular weight is 388 g/mol. The number of aliphatic hydroxyl groups excluding tert-OH is 2. The fourth-order valence-electron chi connectivity index (χ4n) is 4.20. The van der Waals surface area contributed by atoms with Crippen LogP contribution in [0.25, 0.3) is 10.9 Å². The molecule has 2 aliphatic rings. The zero-order chi connectivity index (χ0) is 19.5. The van der Waals surface area contributed by atoms with Crippen LogP contribution in [0, 0.1) is 5.92 Å². The Hall–Kier alpha value is -2.09. The lowest BCUT2D eigenvalue weighted by Crippen LogP contribution is -2.40. The van der Waals surface area contributed by atoms with Gasteiger partial charge in [0.1, 0.15) is 5.56 Å². The number of aryl methyl sites for hydroxylation is 1. The lowest BCUT2D eigenvalue weighted by Gasteiger charge is -2.32. The number of carbonyl (C=O) groups excluding carboxylic acids is 1. The topological polar surface area (TPSA) is 84.2 Å². The lowest BCUT2D eigenvalue weighted by atomic mass is 9.97. The van der Waals surface area contributed by atoms with Crippen LogP contribution in [0.5, 0.6) is 5.88 Å². The van der Waals surface area contributed by atoms with Gasteiger partial charge in [-0.15, -0.1) is 0 Å². The zero-order valence-electron chi connectivity index (χ0n) is 16.0. The average Bonchev–Trinajstić information content (AvgIpc) is 3.07. The number of piperidine rings is 1. The van der Waals surface area contributed by atoms with Crippen molar-refractivity contribution < 1.29 is 24.5 Å². The number of likely N-dealkylation sites (tertiary alicyclic amines) is 1. The van der Waals surface area contributed by atoms with Crippen LogP contribution in [-0.2, 0) is 11.3 Å². The van der Waals surface area contributed by atoms with E-state index < -0.39 is 6.10 Å². The number of nitrogens with zero attached hydrogens (tertiary/aromatic N) is 2. The van der Waals surface area contributed by atoms with Crippen molar-refractivity contribution in [3.8, 4) is 5.88 Å². The Morgan fingerprint density at radius 1 is 1.25 bits per heavy atom. The first-order valence-corrected chi connectivity index (χ1v) is 10.1. The monoisotopic (exact) mass is 388 g/mol. The molecule has 1 atom stereocenters. The molecule has 2 aliphatic heterocycles. The molecule has 7 nitrogen and oxygen atoms in total. The van der Waals surface area contributed by atoms with Gasteiger partial charge in [0.2, 0.25) is 5.88 Å². The van der Waals surface area contributed by atoms with Crippen LogP contribution in [0.15, 0.2) is 24.3 Å². The van der Waals surface area contributed by atoms with Gasteiger partial charge in [0.05, 0.1) is 31.4 Å². The Kier molecular flexibility index (Phi) is 5.85. The third-order valence-electron chi connectivity index (χ3n) is 5.73. The predicted octanol–water partition coefficient (Wildman–Crippen LogP) is 1.65. The van der Waals surface area contributed by atoms with Crippen molar-refractivity contribution in [1.82, 2.24) is 9.47 Å². The van der Waals surface area contributed by atoms with Gasteiger partial charge in [0.15, 0.2) is 0 Å². The van der Waals surface area contributed by atoms with Gasteiger partial charge in [0.25, 0.3) is 0 Å². The molecule has 4 rings (SSSR count). The highest BCUT2D eigenvalue weighted by Gasteiger charge is 2.28. The van der Waals surface area contributed by atoms with E-state index >= 15 is 0 Å². The number of aromatic nitrogens is 1. The molecule has 2 aromatic rings. The van der Waals surface area contributed by atoms with Gasteiger partial charge in [-0.25, -0.2) is 4.79 Å². The largest absolute Gasteiger partial charge is 0.478 e. The van der Waals surface area contributed by atoms with Crippen LogP contribution in [0.3, 0.4) is 0 Å². The van der Waals surface area contributed by atoms with Gasteiger partial charge >= 0.3 is 5.97 Å². The number of fused-ring (bicyclic) bond motifs is 3. The molecule has 0 bridgehead atoms. The molecule has 3 heterocycles. The van der Waals surface area contributed by atoms with Crippen LogP contribution in [0.1, 0.15) is 29.6 Å². The highest BCUT2D eigenvalue weighted by Crippen LogP contribution is 2.35. The van der Waals surface area contributed by atoms with Crippen LogP contribution < -0.4 is 4.74 Å². The molecular weight excluding hydrogens is 360 g/mol. The van der Waals surface area contributed by atoms with Crippen molar-refractivity contribution in [2.24, 2.45) is 5.92 Å². The first-order valence-electron chi connectivity index (χ1n) is 10.1. The maximum Gasteiger partial charge on any atom is 0.344 e. The van der Waals surface area contributed by atoms with Crippen LogP contribution in [-0.4, -0.2) is 71.2 Å². The zero-order valence-corrected chi connectivity index (χ0v) is 16.0. The molecule has 28 heavy (non-hydrogen) atoms. The number of rotatable bonds is 6. The maximum atomic E-state index is 12.9. The van der Waals surface area contributed by atoms with Gasteiger partial charge in [-0.1, -0.05) is 18.2 Å². The number of aliphatic hydroxyl groups is 2. The number of hydrogen-bond donors (Lipinski definition) is 2. The molecule has 7 heteroatoms. The maximum absolute atomic E-state index is 12.9. The Morgan fingerprint density at radius 3 is 2.82 bits per heavy atom. The van der Waals surface area contributed by atoms with Crippen molar-refractivity contribution in [2.45, 2.75) is 31.9 Å². The number of esters is 1. The number of benzene rings is 1. The molecule has 2 N–H and O–H groups in total.